The van der Waals surface area contributed by atoms with E-state index in [-0.39, 0.29) is 17.0 Å². The van der Waals surface area contributed by atoms with Crippen molar-refractivity contribution in [1.82, 2.24) is 4.90 Å². The molecule has 0 aliphatic carbocycles. The Hall–Kier alpha value is -2.25. The first-order valence-electron chi connectivity index (χ1n) is 7.65. The summed E-state index contributed by atoms with van der Waals surface area (Å²) < 4.78 is 13.0. The molecule has 1 fully saturated rings. The van der Waals surface area contributed by atoms with E-state index in [1.54, 1.807) is 40.7 Å². The van der Waals surface area contributed by atoms with Crippen LogP contribution in [0, 0.1) is 5.82 Å². The standard InChI is InChI=1S/C18H16FN3OS2/c1-2-9-22-17(23)16(11-13-5-7-14(19)8-6-13)25-18(22)21-20-12-15-4-3-10-24-15/h2-8,10,12,16H,1,9,11H2/b20-12-,21-18+/t16-/m0/s1. The zero-order chi connectivity index (χ0) is 17.6. The van der Waals surface area contributed by atoms with Gasteiger partial charge in [0.2, 0.25) is 5.91 Å². The van der Waals surface area contributed by atoms with Crippen molar-refractivity contribution in [3.63, 3.8) is 0 Å². The van der Waals surface area contributed by atoms with Crippen molar-refractivity contribution >= 4 is 40.4 Å². The minimum absolute atomic E-state index is 0.0284. The molecular formula is C18H16FN3OS2. The molecule has 0 N–H and O–H groups in total. The lowest BCUT2D eigenvalue weighted by Gasteiger charge is -2.12. The number of thiophene rings is 1. The number of amidine groups is 1. The normalized spacial score (nSPS) is 19.2. The largest absolute Gasteiger partial charge is 0.285 e. The van der Waals surface area contributed by atoms with Gasteiger partial charge in [-0.05, 0) is 35.6 Å². The number of halogens is 1. The minimum atomic E-state index is -0.291. The summed E-state index contributed by atoms with van der Waals surface area (Å²) in [6.07, 6.45) is 3.85. The highest BCUT2D eigenvalue weighted by molar-refractivity contribution is 8.15. The molecule has 1 aromatic carbocycles. The lowest BCUT2D eigenvalue weighted by atomic mass is 10.1. The second-order valence-electron chi connectivity index (χ2n) is 5.32. The summed E-state index contributed by atoms with van der Waals surface area (Å²) in [5.41, 5.74) is 0.911. The van der Waals surface area contributed by atoms with Crippen LogP contribution in [-0.4, -0.2) is 34.0 Å². The number of rotatable bonds is 6. The predicted octanol–water partition coefficient (Wildman–Crippen LogP) is 3.95. The Morgan fingerprint density at radius 3 is 2.76 bits per heavy atom. The van der Waals surface area contributed by atoms with E-state index in [1.807, 2.05) is 17.5 Å². The summed E-state index contributed by atoms with van der Waals surface area (Å²) in [4.78, 5) is 15.2. The van der Waals surface area contributed by atoms with Crippen LogP contribution < -0.4 is 0 Å². The second-order valence-corrected chi connectivity index (χ2v) is 7.47. The Morgan fingerprint density at radius 2 is 2.08 bits per heavy atom. The molecule has 25 heavy (non-hydrogen) atoms. The number of benzene rings is 1. The van der Waals surface area contributed by atoms with E-state index in [2.05, 4.69) is 16.8 Å². The molecule has 1 amide bonds. The third kappa shape index (κ3) is 4.43. The fraction of sp³-hybridized carbons (Fsp3) is 0.167. The van der Waals surface area contributed by atoms with Gasteiger partial charge in [-0.25, -0.2) is 4.39 Å². The van der Waals surface area contributed by atoms with Crippen LogP contribution in [-0.2, 0) is 11.2 Å². The fourth-order valence-electron chi connectivity index (χ4n) is 2.35. The molecular weight excluding hydrogens is 357 g/mol. The summed E-state index contributed by atoms with van der Waals surface area (Å²) in [5.74, 6) is -0.313. The number of carbonyl (C=O) groups excluding carboxylic acids is 1. The number of hydrogen-bond acceptors (Lipinski definition) is 5. The minimum Gasteiger partial charge on any atom is -0.285 e. The SMILES string of the molecule is C=CCN1C(=O)[C@H](Cc2ccc(F)cc2)S/C1=N/N=C\c1cccs1. The summed E-state index contributed by atoms with van der Waals surface area (Å²) >= 11 is 2.95. The predicted molar refractivity (Wildman–Crippen MR) is 103 cm³/mol. The molecule has 3 rings (SSSR count). The Labute approximate surface area is 153 Å². The molecule has 1 aliphatic heterocycles. The number of nitrogens with zero attached hydrogens (tertiary/aromatic N) is 3. The van der Waals surface area contributed by atoms with E-state index in [1.165, 1.54) is 23.9 Å². The molecule has 1 aliphatic rings. The van der Waals surface area contributed by atoms with Crippen molar-refractivity contribution < 1.29 is 9.18 Å². The Bertz CT molecular complexity index is 800. The molecule has 0 saturated carbocycles. The van der Waals surface area contributed by atoms with Crippen molar-refractivity contribution in [3.05, 3.63) is 70.7 Å². The van der Waals surface area contributed by atoms with Gasteiger partial charge in [-0.3, -0.25) is 9.69 Å². The van der Waals surface area contributed by atoms with Gasteiger partial charge >= 0.3 is 0 Å². The van der Waals surface area contributed by atoms with Crippen LogP contribution >= 0.6 is 23.1 Å². The molecule has 0 radical (unpaired) electrons. The van der Waals surface area contributed by atoms with Gasteiger partial charge in [0.05, 0.1) is 11.5 Å². The number of amides is 1. The first kappa shape index (κ1) is 17.6. The van der Waals surface area contributed by atoms with Gasteiger partial charge in [-0.2, -0.15) is 5.10 Å². The first-order valence-corrected chi connectivity index (χ1v) is 9.41. The van der Waals surface area contributed by atoms with E-state index >= 15 is 0 Å². The topological polar surface area (TPSA) is 45.0 Å². The third-order valence-corrected chi connectivity index (χ3v) is 5.51. The van der Waals surface area contributed by atoms with Crippen LogP contribution in [0.5, 0.6) is 0 Å². The van der Waals surface area contributed by atoms with Crippen molar-refractivity contribution in [1.29, 1.82) is 0 Å². The lowest BCUT2D eigenvalue weighted by Crippen LogP contribution is -2.32. The summed E-state index contributed by atoms with van der Waals surface area (Å²) in [7, 11) is 0. The smallest absolute Gasteiger partial charge is 0.242 e. The van der Waals surface area contributed by atoms with Crippen molar-refractivity contribution in [2.75, 3.05) is 6.54 Å². The Balaban J connectivity index is 1.74. The van der Waals surface area contributed by atoms with Gasteiger partial charge in [-0.1, -0.05) is 36.0 Å². The monoisotopic (exact) mass is 373 g/mol. The number of carbonyl (C=O) groups is 1. The molecule has 0 spiro atoms. The van der Waals surface area contributed by atoms with Crippen molar-refractivity contribution in [3.8, 4) is 0 Å². The van der Waals surface area contributed by atoms with Crippen LogP contribution in [0.4, 0.5) is 4.39 Å². The van der Waals surface area contributed by atoms with Crippen LogP contribution in [0.2, 0.25) is 0 Å². The molecule has 7 heteroatoms. The van der Waals surface area contributed by atoms with E-state index in [0.29, 0.717) is 18.1 Å². The molecule has 128 valence electrons. The fourth-order valence-corrected chi connectivity index (χ4v) is 4.07. The zero-order valence-corrected chi connectivity index (χ0v) is 15.0. The van der Waals surface area contributed by atoms with Gasteiger partial charge in [-0.15, -0.1) is 23.0 Å². The number of thioether (sulfide) groups is 1. The lowest BCUT2D eigenvalue weighted by molar-refractivity contribution is -0.125. The van der Waals surface area contributed by atoms with Gasteiger partial charge in [0.25, 0.3) is 0 Å². The van der Waals surface area contributed by atoms with Crippen LogP contribution in [0.3, 0.4) is 0 Å². The molecule has 0 bridgehead atoms. The quantitative estimate of drug-likeness (QED) is 0.437. The van der Waals surface area contributed by atoms with Crippen LogP contribution in [0.1, 0.15) is 10.4 Å². The maximum absolute atomic E-state index is 13.0. The molecule has 1 aromatic heterocycles. The molecule has 2 heterocycles. The second kappa shape index (κ2) is 8.22. The highest BCUT2D eigenvalue weighted by atomic mass is 32.2. The first-order chi connectivity index (χ1) is 12.2. The third-order valence-electron chi connectivity index (χ3n) is 3.54. The molecule has 2 aromatic rings. The van der Waals surface area contributed by atoms with Gasteiger partial charge in [0, 0.05) is 11.4 Å². The van der Waals surface area contributed by atoms with E-state index < -0.39 is 0 Å². The number of hydrogen-bond donors (Lipinski definition) is 0. The maximum Gasteiger partial charge on any atom is 0.242 e. The summed E-state index contributed by atoms with van der Waals surface area (Å²) in [5, 5.41) is 10.5. The average Bonchev–Trinajstić information content (AvgIpc) is 3.21. The summed E-state index contributed by atoms with van der Waals surface area (Å²) in [6.45, 7) is 4.08. The van der Waals surface area contributed by atoms with Gasteiger partial charge in [0.1, 0.15) is 5.82 Å². The van der Waals surface area contributed by atoms with Gasteiger partial charge < -0.3 is 0 Å². The molecule has 1 saturated heterocycles. The van der Waals surface area contributed by atoms with Gasteiger partial charge in [0.15, 0.2) is 5.17 Å². The van der Waals surface area contributed by atoms with E-state index in [4.69, 9.17) is 0 Å². The molecule has 4 nitrogen and oxygen atoms in total. The van der Waals surface area contributed by atoms with Crippen molar-refractivity contribution in [2.45, 2.75) is 11.7 Å². The van der Waals surface area contributed by atoms with Crippen molar-refractivity contribution in [2.24, 2.45) is 10.2 Å². The van der Waals surface area contributed by atoms with E-state index in [0.717, 1.165) is 10.4 Å². The Kier molecular flexibility index (Phi) is 5.78. The molecule has 0 unspecified atom stereocenters. The molecule has 1 atom stereocenters. The van der Waals surface area contributed by atoms with E-state index in [9.17, 15) is 9.18 Å². The summed E-state index contributed by atoms with van der Waals surface area (Å²) in [6, 6.07) is 10.1. The van der Waals surface area contributed by atoms with Crippen LogP contribution in [0.15, 0.2) is 64.6 Å². The average molecular weight is 373 g/mol. The highest BCUT2D eigenvalue weighted by Gasteiger charge is 2.37. The van der Waals surface area contributed by atoms with Crippen LogP contribution in [0.25, 0.3) is 0 Å². The maximum atomic E-state index is 13.0. The Morgan fingerprint density at radius 1 is 1.28 bits per heavy atom. The zero-order valence-electron chi connectivity index (χ0n) is 13.3. The highest BCUT2D eigenvalue weighted by Crippen LogP contribution is 2.30.